The van der Waals surface area contributed by atoms with Crippen molar-refractivity contribution in [3.63, 3.8) is 0 Å². The fraction of sp³-hybridized carbons (Fsp3) is 0.588. The molecule has 0 N–H and O–H groups in total. The van der Waals surface area contributed by atoms with Crippen LogP contribution < -0.4 is 0 Å². The molecule has 0 aromatic heterocycles. The molecule has 0 aromatic rings. The molecular formula is C17H25N. The molecule has 1 heteroatoms. The van der Waals surface area contributed by atoms with Gasteiger partial charge in [0, 0.05) is 11.9 Å². The zero-order chi connectivity index (χ0) is 12.5. The van der Waals surface area contributed by atoms with Gasteiger partial charge in [-0.15, -0.1) is 0 Å². The topological polar surface area (TPSA) is 12.4 Å². The smallest absolute Gasteiger partial charge is 0.0435 e. The normalized spacial score (nSPS) is 22.7. The Balaban J connectivity index is 2.09. The van der Waals surface area contributed by atoms with Crippen molar-refractivity contribution >= 4 is 5.71 Å². The average molecular weight is 243 g/mol. The Bertz CT molecular complexity index is 322. The summed E-state index contributed by atoms with van der Waals surface area (Å²) in [5.41, 5.74) is 2.80. The zero-order valence-electron chi connectivity index (χ0n) is 11.4. The fourth-order valence-electron chi connectivity index (χ4n) is 2.62. The van der Waals surface area contributed by atoms with Crippen LogP contribution in [0.5, 0.6) is 0 Å². The van der Waals surface area contributed by atoms with Crippen LogP contribution in [0.2, 0.25) is 0 Å². The van der Waals surface area contributed by atoms with Crippen molar-refractivity contribution < 1.29 is 0 Å². The Morgan fingerprint density at radius 2 is 1.56 bits per heavy atom. The zero-order valence-corrected chi connectivity index (χ0v) is 11.4. The first kappa shape index (κ1) is 13.3. The van der Waals surface area contributed by atoms with E-state index in [2.05, 4.69) is 24.3 Å². The van der Waals surface area contributed by atoms with Crippen molar-refractivity contribution in [2.45, 2.75) is 64.2 Å². The van der Waals surface area contributed by atoms with E-state index in [4.69, 9.17) is 4.99 Å². The van der Waals surface area contributed by atoms with E-state index in [0.717, 1.165) is 6.42 Å². The minimum atomic E-state index is 1.16. The summed E-state index contributed by atoms with van der Waals surface area (Å²) in [5, 5.41) is 0. The first-order valence-corrected chi connectivity index (χ1v) is 7.54. The summed E-state index contributed by atoms with van der Waals surface area (Å²) in [6.45, 7) is 0. The molecule has 0 atom stereocenters. The summed E-state index contributed by atoms with van der Waals surface area (Å²) in [7, 11) is 0. The SMILES string of the molecule is C1=CCCCCCC(C2=NC=CCCCCC2)=C1. The summed E-state index contributed by atoms with van der Waals surface area (Å²) >= 11 is 0. The third-order valence-electron chi connectivity index (χ3n) is 3.74. The summed E-state index contributed by atoms with van der Waals surface area (Å²) in [4.78, 5) is 4.70. The Morgan fingerprint density at radius 1 is 0.778 bits per heavy atom. The van der Waals surface area contributed by atoms with E-state index in [0.29, 0.717) is 0 Å². The van der Waals surface area contributed by atoms with Gasteiger partial charge in [0.05, 0.1) is 0 Å². The maximum absolute atomic E-state index is 4.70. The molecular weight excluding hydrogens is 218 g/mol. The second-order valence-corrected chi connectivity index (χ2v) is 5.28. The van der Waals surface area contributed by atoms with Crippen LogP contribution in [0.15, 0.2) is 41.1 Å². The molecule has 0 bridgehead atoms. The van der Waals surface area contributed by atoms with Crippen molar-refractivity contribution in [3.8, 4) is 0 Å². The predicted octanol–water partition coefficient (Wildman–Crippen LogP) is 5.35. The molecule has 2 aliphatic rings. The highest BCUT2D eigenvalue weighted by molar-refractivity contribution is 6.00. The van der Waals surface area contributed by atoms with Crippen molar-refractivity contribution in [3.05, 3.63) is 36.1 Å². The number of rotatable bonds is 1. The molecule has 1 heterocycles. The first-order chi connectivity index (χ1) is 8.97. The monoisotopic (exact) mass is 243 g/mol. The number of nitrogens with zero attached hydrogens (tertiary/aromatic N) is 1. The van der Waals surface area contributed by atoms with E-state index in [-0.39, 0.29) is 0 Å². The minimum Gasteiger partial charge on any atom is -0.261 e. The lowest BCUT2D eigenvalue weighted by Gasteiger charge is -2.09. The molecule has 0 radical (unpaired) electrons. The molecule has 0 unspecified atom stereocenters. The Morgan fingerprint density at radius 3 is 2.44 bits per heavy atom. The maximum atomic E-state index is 4.70. The number of allylic oxidation sites excluding steroid dienone is 5. The van der Waals surface area contributed by atoms with E-state index in [1.807, 2.05) is 6.20 Å². The Kier molecular flexibility index (Phi) is 5.98. The van der Waals surface area contributed by atoms with Gasteiger partial charge in [-0.1, -0.05) is 37.1 Å². The molecule has 1 nitrogen and oxygen atoms in total. The van der Waals surface area contributed by atoms with E-state index in [9.17, 15) is 0 Å². The van der Waals surface area contributed by atoms with Gasteiger partial charge in [0.15, 0.2) is 0 Å². The second-order valence-electron chi connectivity index (χ2n) is 5.28. The van der Waals surface area contributed by atoms with Crippen LogP contribution >= 0.6 is 0 Å². The number of hydrogen-bond donors (Lipinski definition) is 0. The third-order valence-corrected chi connectivity index (χ3v) is 3.74. The van der Waals surface area contributed by atoms with Gasteiger partial charge in [-0.2, -0.15) is 0 Å². The van der Waals surface area contributed by atoms with Crippen molar-refractivity contribution in [2.24, 2.45) is 4.99 Å². The van der Waals surface area contributed by atoms with Crippen LogP contribution in [0.4, 0.5) is 0 Å². The van der Waals surface area contributed by atoms with E-state index < -0.39 is 0 Å². The fourth-order valence-corrected chi connectivity index (χ4v) is 2.62. The van der Waals surface area contributed by atoms with Gasteiger partial charge in [-0.3, -0.25) is 4.99 Å². The highest BCUT2D eigenvalue weighted by Gasteiger charge is 2.07. The molecule has 0 amide bonds. The van der Waals surface area contributed by atoms with Gasteiger partial charge in [0.2, 0.25) is 0 Å². The lowest BCUT2D eigenvalue weighted by atomic mass is 9.98. The van der Waals surface area contributed by atoms with Crippen LogP contribution in [-0.4, -0.2) is 5.71 Å². The molecule has 18 heavy (non-hydrogen) atoms. The van der Waals surface area contributed by atoms with Crippen LogP contribution in [-0.2, 0) is 0 Å². The van der Waals surface area contributed by atoms with Gasteiger partial charge in [-0.05, 0) is 56.9 Å². The largest absolute Gasteiger partial charge is 0.261 e. The molecule has 0 saturated carbocycles. The standard InChI is InChI=1S/C17H25N/c1-2-5-9-13-16(12-8-4-1)17-14-10-6-3-7-11-15-18-17/h4,8,11-12,15H,1-3,5-7,9-10,13-14H2. The van der Waals surface area contributed by atoms with Crippen molar-refractivity contribution in [2.75, 3.05) is 0 Å². The van der Waals surface area contributed by atoms with E-state index in [1.54, 1.807) is 0 Å². The quantitative estimate of drug-likeness (QED) is 0.588. The molecule has 0 fully saturated rings. The van der Waals surface area contributed by atoms with Crippen LogP contribution in [0.1, 0.15) is 64.2 Å². The maximum Gasteiger partial charge on any atom is 0.0435 e. The second kappa shape index (κ2) is 8.07. The lowest BCUT2D eigenvalue weighted by molar-refractivity contribution is 0.688. The third kappa shape index (κ3) is 4.64. The molecule has 0 spiro atoms. The molecule has 1 aliphatic carbocycles. The summed E-state index contributed by atoms with van der Waals surface area (Å²) < 4.78 is 0. The van der Waals surface area contributed by atoms with Gasteiger partial charge in [0.25, 0.3) is 0 Å². The summed E-state index contributed by atoms with van der Waals surface area (Å²) in [6.07, 6.45) is 23.8. The highest BCUT2D eigenvalue weighted by atomic mass is 14.7. The van der Waals surface area contributed by atoms with Gasteiger partial charge >= 0.3 is 0 Å². The molecule has 98 valence electrons. The van der Waals surface area contributed by atoms with Crippen LogP contribution in [0, 0.1) is 0 Å². The number of hydrogen-bond acceptors (Lipinski definition) is 1. The Labute approximate surface area is 111 Å². The molecule has 0 aromatic carbocycles. The average Bonchev–Trinajstić information content (AvgIpc) is 2.61. The predicted molar refractivity (Wildman–Crippen MR) is 80.0 cm³/mol. The lowest BCUT2D eigenvalue weighted by Crippen LogP contribution is -2.03. The van der Waals surface area contributed by atoms with Crippen LogP contribution in [0.25, 0.3) is 0 Å². The molecule has 0 saturated heterocycles. The van der Waals surface area contributed by atoms with Crippen molar-refractivity contribution in [1.82, 2.24) is 0 Å². The van der Waals surface area contributed by atoms with Crippen molar-refractivity contribution in [1.29, 1.82) is 0 Å². The summed E-state index contributed by atoms with van der Waals surface area (Å²) in [5.74, 6) is 0. The van der Waals surface area contributed by atoms with Gasteiger partial charge < -0.3 is 0 Å². The molecule has 1 aliphatic heterocycles. The van der Waals surface area contributed by atoms with E-state index >= 15 is 0 Å². The molecule has 2 rings (SSSR count). The Hall–Kier alpha value is -1.11. The van der Waals surface area contributed by atoms with Crippen LogP contribution in [0.3, 0.4) is 0 Å². The summed E-state index contributed by atoms with van der Waals surface area (Å²) in [6, 6.07) is 0. The first-order valence-electron chi connectivity index (χ1n) is 7.54. The highest BCUT2D eigenvalue weighted by Crippen LogP contribution is 2.19. The van der Waals surface area contributed by atoms with Gasteiger partial charge in [-0.25, -0.2) is 0 Å². The van der Waals surface area contributed by atoms with E-state index in [1.165, 1.54) is 69.1 Å². The number of aliphatic imine (C=N–C) groups is 1. The van der Waals surface area contributed by atoms with Gasteiger partial charge in [0.1, 0.15) is 0 Å². The minimum absolute atomic E-state index is 1.16.